The monoisotopic (exact) mass is 235 g/mol. The summed E-state index contributed by atoms with van der Waals surface area (Å²) in [6.07, 6.45) is 7.73. The normalized spacial score (nSPS) is 15.4. The van der Waals surface area contributed by atoms with E-state index in [1.165, 1.54) is 37.8 Å². The predicted molar refractivity (Wildman–Crippen MR) is 77.0 cm³/mol. The van der Waals surface area contributed by atoms with Crippen molar-refractivity contribution in [3.05, 3.63) is 23.4 Å². The Hall–Kier alpha value is -0.720. The van der Waals surface area contributed by atoms with Crippen molar-refractivity contribution in [2.45, 2.75) is 66.2 Å². The molecule has 0 saturated heterocycles. The molecule has 98 valence electrons. The molecule has 0 bridgehead atoms. The molecule has 0 radical (unpaired) electrons. The zero-order chi connectivity index (χ0) is 12.9. The highest BCUT2D eigenvalue weighted by molar-refractivity contribution is 5.17. The first-order valence-corrected chi connectivity index (χ1v) is 6.97. The summed E-state index contributed by atoms with van der Waals surface area (Å²) in [5, 5.41) is 3.44. The minimum atomic E-state index is 0.340. The summed E-state index contributed by atoms with van der Waals surface area (Å²) in [5.41, 5.74) is 4.90. The minimum Gasteiger partial charge on any atom is -0.388 e. The fraction of sp³-hybridized carbons (Fsp3) is 0.750. The van der Waals surface area contributed by atoms with E-state index in [1.54, 1.807) is 11.1 Å². The van der Waals surface area contributed by atoms with Gasteiger partial charge in [0.1, 0.15) is 0 Å². The molecule has 0 aromatic heterocycles. The molecule has 0 heterocycles. The second-order valence-corrected chi connectivity index (χ2v) is 6.61. The van der Waals surface area contributed by atoms with Gasteiger partial charge in [0.15, 0.2) is 0 Å². The number of rotatable bonds is 6. The van der Waals surface area contributed by atoms with Crippen LogP contribution in [0, 0.1) is 5.41 Å². The van der Waals surface area contributed by atoms with Crippen LogP contribution in [-0.4, -0.2) is 6.54 Å². The van der Waals surface area contributed by atoms with E-state index in [-0.39, 0.29) is 0 Å². The van der Waals surface area contributed by atoms with Gasteiger partial charge in [0.25, 0.3) is 0 Å². The van der Waals surface area contributed by atoms with E-state index in [1.807, 2.05) is 0 Å². The number of hydrogen-bond donors (Lipinski definition) is 1. The van der Waals surface area contributed by atoms with E-state index in [0.29, 0.717) is 5.41 Å². The lowest BCUT2D eigenvalue weighted by Gasteiger charge is -2.22. The third-order valence-electron chi connectivity index (χ3n) is 3.46. The molecule has 0 aromatic carbocycles. The van der Waals surface area contributed by atoms with Gasteiger partial charge in [-0.05, 0) is 50.9 Å². The quantitative estimate of drug-likeness (QED) is 0.652. The number of hydrogen-bond acceptors (Lipinski definition) is 1. The lowest BCUT2D eigenvalue weighted by Crippen LogP contribution is -2.25. The van der Waals surface area contributed by atoms with E-state index in [0.717, 1.165) is 13.0 Å². The first kappa shape index (κ1) is 14.3. The van der Waals surface area contributed by atoms with Crippen molar-refractivity contribution in [1.82, 2.24) is 5.32 Å². The molecule has 0 aromatic rings. The summed E-state index contributed by atoms with van der Waals surface area (Å²) >= 11 is 0. The Morgan fingerprint density at radius 3 is 2.35 bits per heavy atom. The third kappa shape index (κ3) is 5.95. The van der Waals surface area contributed by atoms with Gasteiger partial charge in [-0.15, -0.1) is 0 Å². The Morgan fingerprint density at radius 2 is 1.88 bits per heavy atom. The molecule has 1 nitrogen and oxygen atoms in total. The molecule has 0 aliphatic heterocycles. The van der Waals surface area contributed by atoms with Gasteiger partial charge in [0, 0.05) is 12.2 Å². The van der Waals surface area contributed by atoms with Crippen LogP contribution in [0.5, 0.6) is 0 Å². The number of allylic oxidation sites excluding steroid dienone is 3. The maximum absolute atomic E-state index is 4.11. The third-order valence-corrected chi connectivity index (χ3v) is 3.46. The van der Waals surface area contributed by atoms with Crippen molar-refractivity contribution >= 4 is 0 Å². The molecule has 0 atom stereocenters. The Balaban J connectivity index is 2.12. The Bertz CT molecular complexity index is 285. The summed E-state index contributed by atoms with van der Waals surface area (Å²) in [6.45, 7) is 14.2. The average Bonchev–Trinajstić information content (AvgIpc) is 2.10. The summed E-state index contributed by atoms with van der Waals surface area (Å²) in [7, 11) is 0. The van der Waals surface area contributed by atoms with Crippen molar-refractivity contribution in [2.75, 3.05) is 6.54 Å². The highest BCUT2D eigenvalue weighted by Gasteiger charge is 2.12. The first-order valence-electron chi connectivity index (χ1n) is 6.97. The van der Waals surface area contributed by atoms with Gasteiger partial charge in [-0.3, -0.25) is 0 Å². The van der Waals surface area contributed by atoms with Crippen LogP contribution in [0.3, 0.4) is 0 Å². The lowest BCUT2D eigenvalue weighted by atomic mass is 9.87. The molecule has 0 unspecified atom stereocenters. The van der Waals surface area contributed by atoms with Crippen LogP contribution >= 0.6 is 0 Å². The van der Waals surface area contributed by atoms with Crippen LogP contribution in [0.15, 0.2) is 23.4 Å². The van der Waals surface area contributed by atoms with Crippen molar-refractivity contribution in [1.29, 1.82) is 0 Å². The molecule has 1 fully saturated rings. The van der Waals surface area contributed by atoms with Crippen LogP contribution in [0.4, 0.5) is 0 Å². The average molecular weight is 235 g/mol. The molecular weight excluding hydrogens is 206 g/mol. The van der Waals surface area contributed by atoms with Gasteiger partial charge >= 0.3 is 0 Å². The molecule has 17 heavy (non-hydrogen) atoms. The molecule has 1 heteroatoms. The van der Waals surface area contributed by atoms with E-state index in [9.17, 15) is 0 Å². The van der Waals surface area contributed by atoms with Crippen molar-refractivity contribution in [3.63, 3.8) is 0 Å². The van der Waals surface area contributed by atoms with Gasteiger partial charge in [0.05, 0.1) is 0 Å². The first-order chi connectivity index (χ1) is 7.88. The number of nitrogens with one attached hydrogen (secondary N) is 1. The minimum absolute atomic E-state index is 0.340. The van der Waals surface area contributed by atoms with Gasteiger partial charge in [-0.2, -0.15) is 0 Å². The molecular formula is C16H29N. The fourth-order valence-corrected chi connectivity index (χ4v) is 2.00. The van der Waals surface area contributed by atoms with Crippen LogP contribution in [0.1, 0.15) is 66.2 Å². The molecule has 1 aliphatic carbocycles. The molecule has 0 amide bonds. The fourth-order valence-electron chi connectivity index (χ4n) is 2.00. The molecule has 1 saturated carbocycles. The van der Waals surface area contributed by atoms with Crippen LogP contribution < -0.4 is 5.32 Å². The van der Waals surface area contributed by atoms with Gasteiger partial charge < -0.3 is 5.32 Å². The molecule has 0 spiro atoms. The SMILES string of the molecule is C=C(CCCC(C)=C1CCC1)NCC(C)(C)C. The largest absolute Gasteiger partial charge is 0.388 e. The Labute approximate surface area is 107 Å². The highest BCUT2D eigenvalue weighted by Crippen LogP contribution is 2.30. The Kier molecular flexibility index (Phi) is 5.30. The van der Waals surface area contributed by atoms with Crippen molar-refractivity contribution < 1.29 is 0 Å². The zero-order valence-corrected chi connectivity index (χ0v) is 12.2. The summed E-state index contributed by atoms with van der Waals surface area (Å²) in [5.74, 6) is 0. The Morgan fingerprint density at radius 1 is 1.24 bits per heavy atom. The second kappa shape index (κ2) is 6.28. The maximum Gasteiger partial charge on any atom is 0.0192 e. The van der Waals surface area contributed by atoms with Gasteiger partial charge in [-0.25, -0.2) is 0 Å². The predicted octanol–water partition coefficient (Wildman–Crippen LogP) is 4.81. The van der Waals surface area contributed by atoms with Crippen LogP contribution in [-0.2, 0) is 0 Å². The van der Waals surface area contributed by atoms with E-state index >= 15 is 0 Å². The maximum atomic E-state index is 4.11. The topological polar surface area (TPSA) is 12.0 Å². The van der Waals surface area contributed by atoms with Crippen LogP contribution in [0.25, 0.3) is 0 Å². The van der Waals surface area contributed by atoms with E-state index in [2.05, 4.69) is 39.6 Å². The standard InChI is InChI=1S/C16H29N/c1-13(15-10-7-11-15)8-6-9-14(2)17-12-16(3,4)5/h17H,2,6-12H2,1,3-5H3. The lowest BCUT2D eigenvalue weighted by molar-refractivity contribution is 0.394. The zero-order valence-electron chi connectivity index (χ0n) is 12.2. The highest BCUT2D eigenvalue weighted by atomic mass is 14.9. The molecule has 1 rings (SSSR count). The summed E-state index contributed by atoms with van der Waals surface area (Å²) < 4.78 is 0. The summed E-state index contributed by atoms with van der Waals surface area (Å²) in [4.78, 5) is 0. The van der Waals surface area contributed by atoms with E-state index in [4.69, 9.17) is 0 Å². The smallest absolute Gasteiger partial charge is 0.0192 e. The summed E-state index contributed by atoms with van der Waals surface area (Å²) in [6, 6.07) is 0. The van der Waals surface area contributed by atoms with Crippen molar-refractivity contribution in [3.8, 4) is 0 Å². The van der Waals surface area contributed by atoms with Crippen molar-refractivity contribution in [2.24, 2.45) is 5.41 Å². The van der Waals surface area contributed by atoms with Crippen LogP contribution in [0.2, 0.25) is 0 Å². The molecule has 1 N–H and O–H groups in total. The van der Waals surface area contributed by atoms with Gasteiger partial charge in [0.2, 0.25) is 0 Å². The van der Waals surface area contributed by atoms with E-state index < -0.39 is 0 Å². The second-order valence-electron chi connectivity index (χ2n) is 6.61. The van der Waals surface area contributed by atoms with Gasteiger partial charge in [-0.1, -0.05) is 38.5 Å². The molecule has 1 aliphatic rings.